The molecule has 0 aromatic carbocycles. The molecule has 2 heterocycles. The number of furan rings is 1. The molecule has 2 aromatic heterocycles. The summed E-state index contributed by atoms with van der Waals surface area (Å²) in [6, 6.07) is 5.14. The molecule has 0 saturated carbocycles. The van der Waals surface area contributed by atoms with Gasteiger partial charge in [-0.2, -0.15) is 5.10 Å². The summed E-state index contributed by atoms with van der Waals surface area (Å²) in [5, 5.41) is 7.60. The zero-order valence-corrected chi connectivity index (χ0v) is 17.3. The molecule has 2 rings (SSSR count). The van der Waals surface area contributed by atoms with Gasteiger partial charge in [-0.05, 0) is 39.8 Å². The van der Waals surface area contributed by atoms with Gasteiger partial charge in [-0.25, -0.2) is 4.68 Å². The molecule has 2 amide bonds. The maximum atomic E-state index is 12.6. The molecular formula is C20H30N4O3. The lowest BCUT2D eigenvalue weighted by Gasteiger charge is -2.24. The number of nitrogens with zero attached hydrogens (tertiary/aromatic N) is 3. The van der Waals surface area contributed by atoms with Crippen molar-refractivity contribution in [1.29, 1.82) is 0 Å². The maximum Gasteiger partial charge on any atom is 0.290 e. The predicted octanol–water partition coefficient (Wildman–Crippen LogP) is 3.63. The fraction of sp³-hybridized carbons (Fsp3) is 0.550. The molecule has 2 aromatic rings. The Morgan fingerprint density at radius 1 is 1.22 bits per heavy atom. The number of anilines is 1. The molecule has 0 aliphatic carbocycles. The number of carbonyl (C=O) groups excluding carboxylic acids is 2. The van der Waals surface area contributed by atoms with Crippen LogP contribution in [0.1, 0.15) is 64.7 Å². The molecule has 7 nitrogen and oxygen atoms in total. The van der Waals surface area contributed by atoms with Crippen molar-refractivity contribution >= 4 is 17.6 Å². The Morgan fingerprint density at radius 3 is 2.37 bits per heavy atom. The van der Waals surface area contributed by atoms with Crippen molar-refractivity contribution in [1.82, 2.24) is 14.7 Å². The van der Waals surface area contributed by atoms with E-state index in [0.29, 0.717) is 12.4 Å². The molecule has 148 valence electrons. The van der Waals surface area contributed by atoms with Crippen LogP contribution in [0.2, 0.25) is 0 Å². The van der Waals surface area contributed by atoms with E-state index in [4.69, 9.17) is 4.42 Å². The molecule has 0 unspecified atom stereocenters. The first-order valence-electron chi connectivity index (χ1n) is 9.17. The van der Waals surface area contributed by atoms with Crippen molar-refractivity contribution in [3.8, 4) is 0 Å². The molecule has 0 atom stereocenters. The van der Waals surface area contributed by atoms with Crippen LogP contribution < -0.4 is 5.32 Å². The average molecular weight is 374 g/mol. The van der Waals surface area contributed by atoms with Crippen molar-refractivity contribution < 1.29 is 14.0 Å². The molecule has 0 saturated heterocycles. The summed E-state index contributed by atoms with van der Waals surface area (Å²) < 4.78 is 6.96. The van der Waals surface area contributed by atoms with Crippen LogP contribution in [0.5, 0.6) is 0 Å². The first-order valence-corrected chi connectivity index (χ1v) is 9.17. The molecule has 7 heteroatoms. The molecule has 0 bridgehead atoms. The first kappa shape index (κ1) is 20.7. The van der Waals surface area contributed by atoms with E-state index in [1.807, 2.05) is 38.4 Å². The predicted molar refractivity (Wildman–Crippen MR) is 105 cm³/mol. The summed E-state index contributed by atoms with van der Waals surface area (Å²) in [6.45, 7) is 14.5. The van der Waals surface area contributed by atoms with E-state index in [2.05, 4.69) is 31.2 Å². The topological polar surface area (TPSA) is 80.4 Å². The largest absolute Gasteiger partial charge is 0.459 e. The highest BCUT2D eigenvalue weighted by Gasteiger charge is 2.26. The molecule has 0 spiro atoms. The quantitative estimate of drug-likeness (QED) is 0.866. The van der Waals surface area contributed by atoms with E-state index in [-0.39, 0.29) is 35.1 Å². The van der Waals surface area contributed by atoms with Crippen LogP contribution in [0.15, 0.2) is 28.9 Å². The fourth-order valence-corrected chi connectivity index (χ4v) is 2.59. The lowest BCUT2D eigenvalue weighted by atomic mass is 9.92. The normalized spacial score (nSPS) is 12.1. The fourth-order valence-electron chi connectivity index (χ4n) is 2.59. The third kappa shape index (κ3) is 4.99. The number of carbonyl (C=O) groups is 2. The van der Waals surface area contributed by atoms with Crippen molar-refractivity contribution in [3.05, 3.63) is 35.9 Å². The van der Waals surface area contributed by atoms with E-state index in [0.717, 1.165) is 5.69 Å². The third-order valence-corrected chi connectivity index (χ3v) is 4.12. The second kappa shape index (κ2) is 7.58. The highest BCUT2D eigenvalue weighted by molar-refractivity contribution is 5.97. The second-order valence-electron chi connectivity index (χ2n) is 8.59. The zero-order chi connectivity index (χ0) is 20.4. The molecule has 27 heavy (non-hydrogen) atoms. The smallest absolute Gasteiger partial charge is 0.290 e. The van der Waals surface area contributed by atoms with Gasteiger partial charge in [0.25, 0.3) is 5.91 Å². The van der Waals surface area contributed by atoms with E-state index in [1.54, 1.807) is 12.1 Å². The first-order chi connectivity index (χ1) is 12.4. The van der Waals surface area contributed by atoms with Gasteiger partial charge in [0.15, 0.2) is 5.76 Å². The van der Waals surface area contributed by atoms with E-state index in [9.17, 15) is 9.59 Å². The van der Waals surface area contributed by atoms with E-state index < -0.39 is 0 Å². The summed E-state index contributed by atoms with van der Waals surface area (Å²) in [5.41, 5.74) is 0.466. The Kier molecular flexibility index (Phi) is 5.82. The molecule has 1 N–H and O–H groups in total. The molecule has 0 fully saturated rings. The summed E-state index contributed by atoms with van der Waals surface area (Å²) in [7, 11) is 0. The minimum Gasteiger partial charge on any atom is -0.459 e. The molecular weight excluding hydrogens is 344 g/mol. The van der Waals surface area contributed by atoms with Crippen LogP contribution in [0.25, 0.3) is 0 Å². The standard InChI is InChI=1S/C20H30N4O3/c1-8-23(18(26)14-10-9-11-27-14)13-17(25)21-16-12-15(19(2,3)4)22-24(16)20(5,6)7/h9-12H,8,13H2,1-7H3,(H,21,25). The van der Waals surface area contributed by atoms with E-state index in [1.165, 1.54) is 11.2 Å². The zero-order valence-electron chi connectivity index (χ0n) is 17.3. The second-order valence-corrected chi connectivity index (χ2v) is 8.59. The minimum absolute atomic E-state index is 0.0593. The number of hydrogen-bond acceptors (Lipinski definition) is 4. The Hall–Kier alpha value is -2.57. The van der Waals surface area contributed by atoms with Crippen molar-refractivity contribution in [3.63, 3.8) is 0 Å². The van der Waals surface area contributed by atoms with Gasteiger partial charge in [0, 0.05) is 18.0 Å². The van der Waals surface area contributed by atoms with Gasteiger partial charge in [-0.15, -0.1) is 0 Å². The average Bonchev–Trinajstić information content (AvgIpc) is 3.20. The lowest BCUT2D eigenvalue weighted by molar-refractivity contribution is -0.116. The van der Waals surface area contributed by atoms with Gasteiger partial charge in [-0.3, -0.25) is 9.59 Å². The van der Waals surface area contributed by atoms with Crippen LogP contribution >= 0.6 is 0 Å². The summed E-state index contributed by atoms with van der Waals surface area (Å²) >= 11 is 0. The molecule has 0 radical (unpaired) electrons. The Bertz CT molecular complexity index is 792. The number of nitrogens with one attached hydrogen (secondary N) is 1. The number of hydrogen-bond donors (Lipinski definition) is 1. The SMILES string of the molecule is CCN(CC(=O)Nc1cc(C(C)(C)C)nn1C(C)(C)C)C(=O)c1ccco1. The third-order valence-electron chi connectivity index (χ3n) is 4.12. The van der Waals surface area contributed by atoms with Crippen molar-refractivity contribution in [2.75, 3.05) is 18.4 Å². The Balaban J connectivity index is 2.19. The van der Waals surface area contributed by atoms with Gasteiger partial charge in [0.2, 0.25) is 5.91 Å². The Labute approximate surface area is 160 Å². The maximum absolute atomic E-state index is 12.6. The van der Waals surface area contributed by atoms with Crippen LogP contribution in [0.4, 0.5) is 5.82 Å². The van der Waals surface area contributed by atoms with Crippen LogP contribution in [-0.4, -0.2) is 39.6 Å². The summed E-state index contributed by atoms with van der Waals surface area (Å²) in [6.07, 6.45) is 1.44. The highest BCUT2D eigenvalue weighted by atomic mass is 16.3. The van der Waals surface area contributed by atoms with E-state index >= 15 is 0 Å². The minimum atomic E-state index is -0.308. The van der Waals surface area contributed by atoms with Crippen molar-refractivity contribution in [2.24, 2.45) is 0 Å². The van der Waals surface area contributed by atoms with Crippen LogP contribution in [0.3, 0.4) is 0 Å². The van der Waals surface area contributed by atoms with Crippen molar-refractivity contribution in [2.45, 2.75) is 59.4 Å². The molecule has 0 aliphatic heterocycles. The highest BCUT2D eigenvalue weighted by Crippen LogP contribution is 2.28. The monoisotopic (exact) mass is 374 g/mol. The van der Waals surface area contributed by atoms with Gasteiger partial charge < -0.3 is 14.6 Å². The number of rotatable bonds is 5. The van der Waals surface area contributed by atoms with Gasteiger partial charge in [0.1, 0.15) is 12.4 Å². The number of amides is 2. The summed E-state index contributed by atoms with van der Waals surface area (Å²) in [4.78, 5) is 26.5. The van der Waals surface area contributed by atoms with Gasteiger partial charge in [0.05, 0.1) is 17.5 Å². The number of aromatic nitrogens is 2. The van der Waals surface area contributed by atoms with Gasteiger partial charge in [-0.1, -0.05) is 20.8 Å². The lowest BCUT2D eigenvalue weighted by Crippen LogP contribution is -2.38. The van der Waals surface area contributed by atoms with Crippen LogP contribution in [0, 0.1) is 0 Å². The molecule has 0 aliphatic rings. The number of likely N-dealkylation sites (N-methyl/N-ethyl adjacent to an activating group) is 1. The Morgan fingerprint density at radius 2 is 1.89 bits per heavy atom. The van der Waals surface area contributed by atoms with Gasteiger partial charge >= 0.3 is 0 Å². The summed E-state index contributed by atoms with van der Waals surface area (Å²) in [5.74, 6) is 0.262. The van der Waals surface area contributed by atoms with Crippen LogP contribution in [-0.2, 0) is 15.7 Å².